The van der Waals surface area contributed by atoms with Crippen molar-refractivity contribution >= 4 is 15.9 Å². The molecule has 0 amide bonds. The minimum absolute atomic E-state index is 0.307. The summed E-state index contributed by atoms with van der Waals surface area (Å²) < 4.78 is 46.0. The average molecular weight is 412 g/mol. The molecule has 0 aliphatic heterocycles. The van der Waals surface area contributed by atoms with Gasteiger partial charge in [-0.05, 0) is 53.2 Å². The Hall–Kier alpha value is -2.35. The standard InChI is InChI=1S/C17H13BrF3N3O/c1-2-24-16(8-15(23-24)11-7-13(18)10-22-9-11)25-14-5-3-12(4-6-14)17(19,20)21/h3-10H,2H2,1H3. The number of rotatable bonds is 4. The van der Waals surface area contributed by atoms with Crippen LogP contribution < -0.4 is 4.74 Å². The number of alkyl halides is 3. The van der Waals surface area contributed by atoms with Crippen LogP contribution >= 0.6 is 15.9 Å². The minimum Gasteiger partial charge on any atom is -0.439 e. The lowest BCUT2D eigenvalue weighted by atomic mass is 10.2. The third kappa shape index (κ3) is 4.01. The molecule has 0 unspecified atom stereocenters. The van der Waals surface area contributed by atoms with E-state index in [2.05, 4.69) is 26.0 Å². The lowest BCUT2D eigenvalue weighted by molar-refractivity contribution is -0.137. The molecular weight excluding hydrogens is 399 g/mol. The summed E-state index contributed by atoms with van der Waals surface area (Å²) in [4.78, 5) is 4.10. The van der Waals surface area contributed by atoms with Gasteiger partial charge in [-0.2, -0.15) is 18.3 Å². The summed E-state index contributed by atoms with van der Waals surface area (Å²) in [6, 6.07) is 8.15. The van der Waals surface area contributed by atoms with Crippen LogP contribution in [-0.4, -0.2) is 14.8 Å². The summed E-state index contributed by atoms with van der Waals surface area (Å²) >= 11 is 3.36. The zero-order valence-electron chi connectivity index (χ0n) is 13.1. The number of halogens is 4. The lowest BCUT2D eigenvalue weighted by Crippen LogP contribution is -2.04. The summed E-state index contributed by atoms with van der Waals surface area (Å²) in [7, 11) is 0. The summed E-state index contributed by atoms with van der Waals surface area (Å²) in [5, 5.41) is 4.44. The van der Waals surface area contributed by atoms with Gasteiger partial charge in [0.25, 0.3) is 0 Å². The first-order valence-electron chi connectivity index (χ1n) is 7.40. The Morgan fingerprint density at radius 3 is 2.44 bits per heavy atom. The molecular formula is C17H13BrF3N3O. The normalized spacial score (nSPS) is 11.6. The summed E-state index contributed by atoms with van der Waals surface area (Å²) in [6.07, 6.45) is -1.03. The smallest absolute Gasteiger partial charge is 0.416 e. The van der Waals surface area contributed by atoms with Crippen LogP contribution in [0.3, 0.4) is 0 Å². The second kappa shape index (κ2) is 6.87. The van der Waals surface area contributed by atoms with Crippen molar-refractivity contribution in [1.82, 2.24) is 14.8 Å². The van der Waals surface area contributed by atoms with Crippen molar-refractivity contribution in [3.05, 3.63) is 58.8 Å². The van der Waals surface area contributed by atoms with E-state index in [1.165, 1.54) is 12.1 Å². The first-order chi connectivity index (χ1) is 11.9. The van der Waals surface area contributed by atoms with Crippen molar-refractivity contribution in [2.24, 2.45) is 0 Å². The van der Waals surface area contributed by atoms with E-state index in [1.54, 1.807) is 23.1 Å². The minimum atomic E-state index is -4.37. The van der Waals surface area contributed by atoms with Crippen molar-refractivity contribution in [1.29, 1.82) is 0 Å². The SMILES string of the molecule is CCn1nc(-c2cncc(Br)c2)cc1Oc1ccc(C(F)(F)F)cc1. The van der Waals surface area contributed by atoms with Crippen LogP contribution in [0.2, 0.25) is 0 Å². The number of hydrogen-bond acceptors (Lipinski definition) is 3. The predicted molar refractivity (Wildman–Crippen MR) is 90.4 cm³/mol. The fourth-order valence-electron chi connectivity index (χ4n) is 2.23. The maximum atomic E-state index is 12.6. The van der Waals surface area contributed by atoms with E-state index >= 15 is 0 Å². The molecule has 0 saturated carbocycles. The Morgan fingerprint density at radius 2 is 1.84 bits per heavy atom. The van der Waals surface area contributed by atoms with Gasteiger partial charge in [0.05, 0.1) is 11.3 Å². The molecule has 8 heteroatoms. The molecule has 0 N–H and O–H groups in total. The molecule has 3 rings (SSSR count). The molecule has 4 nitrogen and oxygen atoms in total. The maximum Gasteiger partial charge on any atom is 0.416 e. The Morgan fingerprint density at radius 1 is 1.12 bits per heavy atom. The Labute approximate surface area is 150 Å². The van der Waals surface area contributed by atoms with Crippen molar-refractivity contribution in [3.63, 3.8) is 0 Å². The number of aryl methyl sites for hydroxylation is 1. The van der Waals surface area contributed by atoms with Crippen molar-refractivity contribution in [2.45, 2.75) is 19.6 Å². The highest BCUT2D eigenvalue weighted by Crippen LogP contribution is 2.32. The van der Waals surface area contributed by atoms with Crippen molar-refractivity contribution in [2.75, 3.05) is 0 Å². The van der Waals surface area contributed by atoms with E-state index in [0.29, 0.717) is 23.9 Å². The van der Waals surface area contributed by atoms with Crippen molar-refractivity contribution in [3.8, 4) is 22.9 Å². The Balaban J connectivity index is 1.87. The van der Waals surface area contributed by atoms with E-state index in [-0.39, 0.29) is 0 Å². The second-order valence-electron chi connectivity index (χ2n) is 5.20. The molecule has 0 bridgehead atoms. The first kappa shape index (κ1) is 17.5. The summed E-state index contributed by atoms with van der Waals surface area (Å²) in [6.45, 7) is 2.45. The number of pyridine rings is 1. The van der Waals surface area contributed by atoms with E-state index in [4.69, 9.17) is 4.74 Å². The lowest BCUT2D eigenvalue weighted by Gasteiger charge is -2.09. The van der Waals surface area contributed by atoms with E-state index < -0.39 is 11.7 Å². The van der Waals surface area contributed by atoms with Gasteiger partial charge in [-0.25, -0.2) is 4.68 Å². The van der Waals surface area contributed by atoms with E-state index in [9.17, 15) is 13.2 Å². The van der Waals surface area contributed by atoms with Gasteiger partial charge in [-0.1, -0.05) is 0 Å². The third-order valence-electron chi connectivity index (χ3n) is 3.45. The van der Waals surface area contributed by atoms with Crippen LogP contribution in [0.4, 0.5) is 13.2 Å². The molecule has 3 aromatic rings. The molecule has 0 aliphatic carbocycles. The van der Waals surface area contributed by atoms with Gasteiger partial charge < -0.3 is 4.74 Å². The number of nitrogens with zero attached hydrogens (tertiary/aromatic N) is 3. The summed E-state index contributed by atoms with van der Waals surface area (Å²) in [5.74, 6) is 0.749. The van der Waals surface area contributed by atoms with Crippen LogP contribution in [0, 0.1) is 0 Å². The van der Waals surface area contributed by atoms with Gasteiger partial charge in [-0.3, -0.25) is 4.98 Å². The van der Waals surface area contributed by atoms with Gasteiger partial charge >= 0.3 is 6.18 Å². The fourth-order valence-corrected chi connectivity index (χ4v) is 2.60. The van der Waals surface area contributed by atoms with Gasteiger partial charge in [0.15, 0.2) is 0 Å². The van der Waals surface area contributed by atoms with Crippen LogP contribution in [0.5, 0.6) is 11.6 Å². The number of ether oxygens (including phenoxy) is 1. The molecule has 0 saturated heterocycles. The van der Waals surface area contributed by atoms with Gasteiger partial charge in [0.2, 0.25) is 5.88 Å². The molecule has 0 atom stereocenters. The van der Waals surface area contributed by atoms with E-state index in [1.807, 2.05) is 13.0 Å². The quantitative estimate of drug-likeness (QED) is 0.565. The van der Waals surface area contributed by atoms with Crippen LogP contribution in [0.15, 0.2) is 53.3 Å². The summed E-state index contributed by atoms with van der Waals surface area (Å²) in [5.41, 5.74) is 0.751. The van der Waals surface area contributed by atoms with Gasteiger partial charge in [-0.15, -0.1) is 0 Å². The Bertz CT molecular complexity index is 876. The highest BCUT2D eigenvalue weighted by molar-refractivity contribution is 9.10. The maximum absolute atomic E-state index is 12.6. The molecule has 0 aliphatic rings. The monoisotopic (exact) mass is 411 g/mol. The molecule has 2 heterocycles. The topological polar surface area (TPSA) is 39.9 Å². The van der Waals surface area contributed by atoms with Crippen LogP contribution in [-0.2, 0) is 12.7 Å². The molecule has 0 fully saturated rings. The highest BCUT2D eigenvalue weighted by Gasteiger charge is 2.30. The van der Waals surface area contributed by atoms with Crippen LogP contribution in [0.25, 0.3) is 11.3 Å². The Kier molecular flexibility index (Phi) is 4.80. The third-order valence-corrected chi connectivity index (χ3v) is 3.88. The molecule has 0 radical (unpaired) electrons. The highest BCUT2D eigenvalue weighted by atomic mass is 79.9. The largest absolute Gasteiger partial charge is 0.439 e. The molecule has 130 valence electrons. The zero-order valence-corrected chi connectivity index (χ0v) is 14.7. The van der Waals surface area contributed by atoms with Crippen LogP contribution in [0.1, 0.15) is 12.5 Å². The predicted octanol–water partition coefficient (Wildman–Crippen LogP) is 5.54. The number of benzene rings is 1. The molecule has 25 heavy (non-hydrogen) atoms. The fraction of sp³-hybridized carbons (Fsp3) is 0.176. The average Bonchev–Trinajstić information content (AvgIpc) is 2.97. The number of aromatic nitrogens is 3. The second-order valence-corrected chi connectivity index (χ2v) is 6.12. The van der Waals surface area contributed by atoms with E-state index in [0.717, 1.165) is 22.2 Å². The number of hydrogen-bond donors (Lipinski definition) is 0. The zero-order chi connectivity index (χ0) is 18.0. The van der Waals surface area contributed by atoms with Crippen molar-refractivity contribution < 1.29 is 17.9 Å². The van der Waals surface area contributed by atoms with Gasteiger partial charge in [0, 0.05) is 35.0 Å². The molecule has 1 aromatic carbocycles. The molecule has 0 spiro atoms. The van der Waals surface area contributed by atoms with Gasteiger partial charge in [0.1, 0.15) is 5.75 Å². The molecule has 2 aromatic heterocycles. The first-order valence-corrected chi connectivity index (χ1v) is 8.20.